The van der Waals surface area contributed by atoms with E-state index in [1.165, 1.54) is 11.3 Å². The van der Waals surface area contributed by atoms with Gasteiger partial charge in [0.1, 0.15) is 0 Å². The number of fused-ring (bicyclic) bond motifs is 1. The van der Waals surface area contributed by atoms with Gasteiger partial charge in [-0.25, -0.2) is 9.50 Å². The van der Waals surface area contributed by atoms with Gasteiger partial charge in [-0.1, -0.05) is 20.3 Å². The van der Waals surface area contributed by atoms with E-state index in [9.17, 15) is 4.79 Å². The van der Waals surface area contributed by atoms with E-state index >= 15 is 0 Å². The van der Waals surface area contributed by atoms with Gasteiger partial charge in [0, 0.05) is 47.4 Å². The van der Waals surface area contributed by atoms with Crippen molar-refractivity contribution < 1.29 is 4.79 Å². The molecular formula is C21H25N7OS. The summed E-state index contributed by atoms with van der Waals surface area (Å²) in [6.07, 6.45) is 13.2. The molecule has 0 saturated heterocycles. The lowest BCUT2D eigenvalue weighted by Crippen LogP contribution is -2.49. The molecule has 0 bridgehead atoms. The second-order valence-corrected chi connectivity index (χ2v) is 8.30. The van der Waals surface area contributed by atoms with E-state index in [0.717, 1.165) is 53.6 Å². The Kier molecular flexibility index (Phi) is 5.65. The van der Waals surface area contributed by atoms with Gasteiger partial charge < -0.3 is 11.1 Å². The van der Waals surface area contributed by atoms with Crippen molar-refractivity contribution in [2.45, 2.75) is 45.2 Å². The molecule has 8 nitrogen and oxygen atoms in total. The van der Waals surface area contributed by atoms with Crippen molar-refractivity contribution in [3.8, 4) is 22.3 Å². The highest BCUT2D eigenvalue weighted by Gasteiger charge is 2.24. The molecule has 1 fully saturated rings. The largest absolute Gasteiger partial charge is 0.347 e. The van der Waals surface area contributed by atoms with Crippen molar-refractivity contribution in [3.63, 3.8) is 0 Å². The lowest BCUT2D eigenvalue weighted by atomic mass is 9.91. The molecule has 5 rings (SSSR count). The van der Waals surface area contributed by atoms with Crippen LogP contribution >= 0.6 is 11.3 Å². The second-order valence-electron chi connectivity index (χ2n) is 7.38. The van der Waals surface area contributed by atoms with Crippen LogP contribution in [0.1, 0.15) is 42.8 Å². The lowest BCUT2D eigenvalue weighted by molar-refractivity contribution is 0.0925. The predicted octanol–water partition coefficient (Wildman–Crippen LogP) is 3.48. The maximum absolute atomic E-state index is 12.7. The lowest BCUT2D eigenvalue weighted by Gasteiger charge is -2.29. The van der Waals surface area contributed by atoms with E-state index in [-0.39, 0.29) is 25.4 Å². The first-order valence-electron chi connectivity index (χ1n) is 9.67. The molecule has 156 valence electrons. The summed E-state index contributed by atoms with van der Waals surface area (Å²) in [5, 5.41) is 16.3. The number of aromatic nitrogens is 5. The molecule has 1 amide bonds. The van der Waals surface area contributed by atoms with Gasteiger partial charge in [0.25, 0.3) is 5.91 Å². The quantitative estimate of drug-likeness (QED) is 0.465. The van der Waals surface area contributed by atoms with Crippen LogP contribution in [0.2, 0.25) is 0 Å². The summed E-state index contributed by atoms with van der Waals surface area (Å²) >= 11 is 1.43. The highest BCUT2D eigenvalue weighted by atomic mass is 32.1. The zero-order valence-electron chi connectivity index (χ0n) is 15.7. The fraction of sp³-hybridized carbons (Fsp3) is 0.333. The summed E-state index contributed by atoms with van der Waals surface area (Å²) in [6, 6.07) is 2.00. The van der Waals surface area contributed by atoms with E-state index in [0.29, 0.717) is 4.88 Å². The molecule has 0 radical (unpaired) electrons. The number of hydrogen-bond acceptors (Lipinski definition) is 6. The summed E-state index contributed by atoms with van der Waals surface area (Å²) in [6.45, 7) is 0. The molecule has 0 aromatic carbocycles. The molecule has 0 spiro atoms. The van der Waals surface area contributed by atoms with Crippen molar-refractivity contribution in [2.24, 2.45) is 5.73 Å². The van der Waals surface area contributed by atoms with Crippen molar-refractivity contribution in [1.29, 1.82) is 0 Å². The SMILES string of the molecule is C.N[C@H]1CCCC[C@H]1NC(=O)c1cc(-c2cnn3cc(-c4cn[nH]c4)cnc23)cs1. The average molecular weight is 424 g/mol. The number of hydrogen-bond donors (Lipinski definition) is 3. The van der Waals surface area contributed by atoms with Crippen molar-refractivity contribution in [3.05, 3.63) is 47.3 Å². The van der Waals surface area contributed by atoms with E-state index in [1.54, 1.807) is 23.1 Å². The summed E-state index contributed by atoms with van der Waals surface area (Å²) in [4.78, 5) is 17.9. The topological polar surface area (TPSA) is 114 Å². The molecule has 9 heteroatoms. The standard InChI is InChI=1S/C20H21N7OS.CH4/c21-16-3-1-2-4-17(16)26-20(28)18-5-12(11-29-18)15-9-25-27-10-14(6-22-19(15)27)13-7-23-24-8-13;/h5-11,16-17H,1-4,21H2,(H,23,24)(H,26,28);1H4/t16-,17+;/m0./s1. The molecule has 30 heavy (non-hydrogen) atoms. The van der Waals surface area contributed by atoms with Crippen LogP contribution in [-0.2, 0) is 0 Å². The Hall–Kier alpha value is -3.04. The Morgan fingerprint density at radius 1 is 1.20 bits per heavy atom. The van der Waals surface area contributed by atoms with Crippen LogP contribution in [0.4, 0.5) is 0 Å². The Balaban J connectivity index is 0.00000218. The number of nitrogens with two attached hydrogens (primary N) is 1. The molecule has 1 aliphatic rings. The number of carbonyl (C=O) groups is 1. The number of carbonyl (C=O) groups excluding carboxylic acids is 1. The van der Waals surface area contributed by atoms with Gasteiger partial charge in [-0.3, -0.25) is 9.89 Å². The molecule has 0 aliphatic heterocycles. The number of aromatic amines is 1. The molecule has 4 heterocycles. The minimum absolute atomic E-state index is 0. The molecule has 4 aromatic rings. The number of amides is 1. The molecule has 4 aromatic heterocycles. The van der Waals surface area contributed by atoms with Gasteiger partial charge in [0.15, 0.2) is 5.65 Å². The minimum atomic E-state index is -0.0599. The van der Waals surface area contributed by atoms with Crippen LogP contribution in [0.15, 0.2) is 42.4 Å². The summed E-state index contributed by atoms with van der Waals surface area (Å²) in [5.41, 5.74) is 10.6. The number of thiophene rings is 1. The Morgan fingerprint density at radius 3 is 2.87 bits per heavy atom. The molecule has 1 aliphatic carbocycles. The highest BCUT2D eigenvalue weighted by molar-refractivity contribution is 7.12. The number of H-pyrrole nitrogens is 1. The first kappa shape index (κ1) is 20.2. The van der Waals surface area contributed by atoms with Crippen molar-refractivity contribution in [1.82, 2.24) is 30.1 Å². The van der Waals surface area contributed by atoms with Crippen LogP contribution in [0, 0.1) is 0 Å². The van der Waals surface area contributed by atoms with Gasteiger partial charge in [-0.2, -0.15) is 10.2 Å². The Labute approximate surface area is 178 Å². The molecular weight excluding hydrogens is 398 g/mol. The van der Waals surface area contributed by atoms with E-state index < -0.39 is 0 Å². The van der Waals surface area contributed by atoms with Crippen LogP contribution < -0.4 is 11.1 Å². The minimum Gasteiger partial charge on any atom is -0.347 e. The number of rotatable bonds is 4. The predicted molar refractivity (Wildman–Crippen MR) is 118 cm³/mol. The van der Waals surface area contributed by atoms with Crippen LogP contribution in [0.5, 0.6) is 0 Å². The first-order valence-corrected chi connectivity index (χ1v) is 10.5. The normalized spacial score (nSPS) is 18.8. The first-order chi connectivity index (χ1) is 14.2. The van der Waals surface area contributed by atoms with Crippen LogP contribution in [0.25, 0.3) is 27.9 Å². The van der Waals surface area contributed by atoms with Gasteiger partial charge in [0.05, 0.1) is 17.3 Å². The van der Waals surface area contributed by atoms with Gasteiger partial charge in [0.2, 0.25) is 0 Å². The Bertz CT molecular complexity index is 1150. The van der Waals surface area contributed by atoms with Gasteiger partial charge in [-0.05, 0) is 29.9 Å². The van der Waals surface area contributed by atoms with E-state index in [4.69, 9.17) is 5.73 Å². The molecule has 4 N–H and O–H groups in total. The third-order valence-electron chi connectivity index (χ3n) is 5.46. The number of nitrogens with zero attached hydrogens (tertiary/aromatic N) is 4. The second kappa shape index (κ2) is 8.37. The maximum atomic E-state index is 12.7. The van der Waals surface area contributed by atoms with Crippen molar-refractivity contribution >= 4 is 22.9 Å². The number of nitrogens with one attached hydrogen (secondary N) is 2. The van der Waals surface area contributed by atoms with Crippen LogP contribution in [-0.4, -0.2) is 42.8 Å². The maximum Gasteiger partial charge on any atom is 0.261 e. The summed E-state index contributed by atoms with van der Waals surface area (Å²) in [5.74, 6) is -0.0599. The molecule has 1 saturated carbocycles. The van der Waals surface area contributed by atoms with Crippen molar-refractivity contribution in [2.75, 3.05) is 0 Å². The van der Waals surface area contributed by atoms with E-state index in [1.807, 2.05) is 23.8 Å². The monoisotopic (exact) mass is 423 g/mol. The third kappa shape index (κ3) is 3.73. The fourth-order valence-corrected chi connectivity index (χ4v) is 4.62. The fourth-order valence-electron chi connectivity index (χ4n) is 3.81. The summed E-state index contributed by atoms with van der Waals surface area (Å²) < 4.78 is 1.75. The Morgan fingerprint density at radius 2 is 2.07 bits per heavy atom. The molecule has 0 unspecified atom stereocenters. The zero-order chi connectivity index (χ0) is 19.8. The third-order valence-corrected chi connectivity index (χ3v) is 6.39. The van der Waals surface area contributed by atoms with Crippen LogP contribution in [0.3, 0.4) is 0 Å². The van der Waals surface area contributed by atoms with Gasteiger partial charge >= 0.3 is 0 Å². The van der Waals surface area contributed by atoms with E-state index in [2.05, 4.69) is 25.6 Å². The summed E-state index contributed by atoms with van der Waals surface area (Å²) in [7, 11) is 0. The van der Waals surface area contributed by atoms with Gasteiger partial charge in [-0.15, -0.1) is 11.3 Å². The highest BCUT2D eigenvalue weighted by Crippen LogP contribution is 2.29. The smallest absolute Gasteiger partial charge is 0.261 e. The zero-order valence-corrected chi connectivity index (χ0v) is 16.5. The molecule has 2 atom stereocenters. The average Bonchev–Trinajstić information content (AvgIpc) is 3.49.